The van der Waals surface area contributed by atoms with E-state index in [1.165, 1.54) is 25.7 Å². The highest BCUT2D eigenvalue weighted by Crippen LogP contribution is 2.36. The maximum Gasteiger partial charge on any atom is 0.150 e. The minimum Gasteiger partial charge on any atom is -0.398 e. The highest BCUT2D eigenvalue weighted by molar-refractivity contribution is 6.01. The maximum atomic E-state index is 7.99. The SMILES string of the molecule is CC/C=C(\NC(c1ncccn1)C1CCCC1)c1ccc(N)c(C(C)=N)c1. The summed E-state index contributed by atoms with van der Waals surface area (Å²) in [5, 5.41) is 11.7. The molecule has 1 saturated carbocycles. The topological polar surface area (TPSA) is 87.7 Å². The minimum atomic E-state index is 0.0913. The van der Waals surface area contributed by atoms with E-state index < -0.39 is 0 Å². The second-order valence-electron chi connectivity index (χ2n) is 7.23. The van der Waals surface area contributed by atoms with E-state index >= 15 is 0 Å². The number of benzene rings is 1. The zero-order valence-corrected chi connectivity index (χ0v) is 16.2. The van der Waals surface area contributed by atoms with E-state index in [0.717, 1.165) is 29.1 Å². The number of rotatable bonds is 7. The normalized spacial score (nSPS) is 16.3. The van der Waals surface area contributed by atoms with Crippen LogP contribution in [0.2, 0.25) is 0 Å². The summed E-state index contributed by atoms with van der Waals surface area (Å²) >= 11 is 0. The lowest BCUT2D eigenvalue weighted by atomic mass is 9.95. The van der Waals surface area contributed by atoms with E-state index in [9.17, 15) is 0 Å². The van der Waals surface area contributed by atoms with E-state index in [-0.39, 0.29) is 6.04 Å². The number of nitrogens with one attached hydrogen (secondary N) is 2. The number of nitrogen functional groups attached to an aromatic ring is 1. The van der Waals surface area contributed by atoms with Crippen molar-refractivity contribution in [3.8, 4) is 0 Å². The number of nitrogens with two attached hydrogens (primary N) is 1. The fourth-order valence-electron chi connectivity index (χ4n) is 3.84. The smallest absolute Gasteiger partial charge is 0.150 e. The Bertz CT molecular complexity index is 807. The van der Waals surface area contributed by atoms with Crippen LogP contribution in [-0.2, 0) is 0 Å². The van der Waals surface area contributed by atoms with Crippen LogP contribution in [0.4, 0.5) is 5.69 Å². The molecular weight excluding hydrogens is 334 g/mol. The van der Waals surface area contributed by atoms with Crippen LogP contribution in [0.3, 0.4) is 0 Å². The molecule has 1 aliphatic rings. The largest absolute Gasteiger partial charge is 0.398 e. The molecule has 3 rings (SSSR count). The standard InChI is InChI=1S/C22H29N5/c1-3-7-20(17-10-11-19(24)18(14-17)15(2)23)27-21(16-8-4-5-9-16)22-25-12-6-13-26-22/h6-7,10-14,16,21,23,27H,3-5,8-9,24H2,1-2H3/b20-7-,23-15?. The Hall–Kier alpha value is -2.69. The van der Waals surface area contributed by atoms with Crippen LogP contribution in [0, 0.1) is 11.3 Å². The average molecular weight is 364 g/mol. The van der Waals surface area contributed by atoms with Gasteiger partial charge in [-0.25, -0.2) is 9.97 Å². The summed E-state index contributed by atoms with van der Waals surface area (Å²) in [5.74, 6) is 1.38. The second-order valence-corrected chi connectivity index (χ2v) is 7.23. The van der Waals surface area contributed by atoms with Gasteiger partial charge in [0.05, 0.1) is 6.04 Å². The van der Waals surface area contributed by atoms with Gasteiger partial charge in [-0.3, -0.25) is 0 Å². The van der Waals surface area contributed by atoms with Gasteiger partial charge in [0, 0.05) is 35.1 Å². The van der Waals surface area contributed by atoms with Gasteiger partial charge in [-0.05, 0) is 55.9 Å². The lowest BCUT2D eigenvalue weighted by Gasteiger charge is -2.26. The van der Waals surface area contributed by atoms with Crippen LogP contribution >= 0.6 is 0 Å². The Morgan fingerprint density at radius 1 is 1.30 bits per heavy atom. The summed E-state index contributed by atoms with van der Waals surface area (Å²) in [6, 6.07) is 7.86. The zero-order chi connectivity index (χ0) is 19.2. The highest BCUT2D eigenvalue weighted by atomic mass is 15.0. The number of hydrogen-bond acceptors (Lipinski definition) is 5. The van der Waals surface area contributed by atoms with Crippen molar-refractivity contribution in [3.05, 3.63) is 59.7 Å². The van der Waals surface area contributed by atoms with E-state index in [2.05, 4.69) is 28.3 Å². The molecule has 5 heteroatoms. The lowest BCUT2D eigenvalue weighted by Crippen LogP contribution is -2.28. The number of anilines is 1. The molecule has 1 heterocycles. The van der Waals surface area contributed by atoms with Crippen molar-refractivity contribution in [2.45, 2.75) is 52.0 Å². The number of hydrogen-bond donors (Lipinski definition) is 3. The van der Waals surface area contributed by atoms with Crippen LogP contribution in [0.5, 0.6) is 0 Å². The van der Waals surface area contributed by atoms with E-state index in [4.69, 9.17) is 11.1 Å². The van der Waals surface area contributed by atoms with Crippen molar-refractivity contribution in [1.29, 1.82) is 5.41 Å². The van der Waals surface area contributed by atoms with Gasteiger partial charge >= 0.3 is 0 Å². The molecule has 142 valence electrons. The predicted molar refractivity (Wildman–Crippen MR) is 111 cm³/mol. The Labute approximate surface area is 161 Å². The van der Waals surface area contributed by atoms with Gasteiger partial charge in [0.1, 0.15) is 0 Å². The molecule has 0 spiro atoms. The van der Waals surface area contributed by atoms with Gasteiger partial charge < -0.3 is 16.5 Å². The summed E-state index contributed by atoms with van der Waals surface area (Å²) in [6.07, 6.45) is 11.7. The van der Waals surface area contributed by atoms with Crippen molar-refractivity contribution < 1.29 is 0 Å². The molecule has 0 saturated heterocycles. The molecule has 2 aromatic rings. The van der Waals surface area contributed by atoms with Gasteiger partial charge in [0.15, 0.2) is 5.82 Å². The molecule has 0 aliphatic heterocycles. The molecule has 0 amide bonds. The minimum absolute atomic E-state index is 0.0913. The zero-order valence-electron chi connectivity index (χ0n) is 16.2. The summed E-state index contributed by atoms with van der Waals surface area (Å²) < 4.78 is 0. The Morgan fingerprint density at radius 3 is 2.63 bits per heavy atom. The summed E-state index contributed by atoms with van der Waals surface area (Å²) in [7, 11) is 0. The van der Waals surface area contributed by atoms with Crippen LogP contribution < -0.4 is 11.1 Å². The third kappa shape index (κ3) is 4.54. The third-order valence-electron chi connectivity index (χ3n) is 5.22. The molecule has 0 radical (unpaired) electrons. The first-order valence-corrected chi connectivity index (χ1v) is 9.79. The van der Waals surface area contributed by atoms with Crippen molar-refractivity contribution in [3.63, 3.8) is 0 Å². The quantitative estimate of drug-likeness (QED) is 0.491. The number of nitrogens with zero attached hydrogens (tertiary/aromatic N) is 2. The first-order valence-electron chi connectivity index (χ1n) is 9.79. The lowest BCUT2D eigenvalue weighted by molar-refractivity contribution is 0.390. The molecule has 0 bridgehead atoms. The summed E-state index contributed by atoms with van der Waals surface area (Å²) in [5.41, 5.74) is 10.1. The Kier molecular flexibility index (Phi) is 6.22. The fraction of sp³-hybridized carbons (Fsp3) is 0.409. The second kappa shape index (κ2) is 8.80. The molecule has 4 N–H and O–H groups in total. The van der Waals surface area contributed by atoms with Gasteiger partial charge in [-0.15, -0.1) is 0 Å². The van der Waals surface area contributed by atoms with E-state index in [1.54, 1.807) is 6.92 Å². The van der Waals surface area contributed by atoms with E-state index in [0.29, 0.717) is 17.3 Å². The highest BCUT2D eigenvalue weighted by Gasteiger charge is 2.29. The molecule has 1 fully saturated rings. The third-order valence-corrected chi connectivity index (χ3v) is 5.22. The molecule has 1 atom stereocenters. The van der Waals surface area contributed by atoms with Crippen molar-refractivity contribution in [2.24, 2.45) is 5.92 Å². The van der Waals surface area contributed by atoms with Crippen LogP contribution in [-0.4, -0.2) is 15.7 Å². The van der Waals surface area contributed by atoms with E-state index in [1.807, 2.05) is 36.7 Å². The molecule has 27 heavy (non-hydrogen) atoms. The summed E-state index contributed by atoms with van der Waals surface area (Å²) in [4.78, 5) is 9.07. The van der Waals surface area contributed by atoms with Crippen LogP contribution in [0.25, 0.3) is 5.70 Å². The van der Waals surface area contributed by atoms with Gasteiger partial charge in [-0.1, -0.05) is 31.9 Å². The number of allylic oxidation sites excluding steroid dienone is 1. The molecule has 1 aromatic heterocycles. The van der Waals surface area contributed by atoms with Gasteiger partial charge in [0.2, 0.25) is 0 Å². The van der Waals surface area contributed by atoms with Crippen molar-refractivity contribution in [1.82, 2.24) is 15.3 Å². The molecule has 1 aromatic carbocycles. The summed E-state index contributed by atoms with van der Waals surface area (Å²) in [6.45, 7) is 3.90. The van der Waals surface area contributed by atoms with Gasteiger partial charge in [-0.2, -0.15) is 0 Å². The Morgan fingerprint density at radius 2 is 2.00 bits per heavy atom. The van der Waals surface area contributed by atoms with Gasteiger partial charge in [0.25, 0.3) is 0 Å². The van der Waals surface area contributed by atoms with Crippen molar-refractivity contribution >= 4 is 17.1 Å². The fourth-order valence-corrected chi connectivity index (χ4v) is 3.84. The predicted octanol–water partition coefficient (Wildman–Crippen LogP) is 4.72. The monoisotopic (exact) mass is 363 g/mol. The first-order chi connectivity index (χ1) is 13.1. The maximum absolute atomic E-state index is 7.99. The van der Waals surface area contributed by atoms with Crippen molar-refractivity contribution in [2.75, 3.05) is 5.73 Å². The molecular formula is C22H29N5. The Balaban J connectivity index is 1.95. The molecule has 1 aliphatic carbocycles. The molecule has 5 nitrogen and oxygen atoms in total. The molecule has 1 unspecified atom stereocenters. The number of aromatic nitrogens is 2. The van der Waals surface area contributed by atoms with Crippen LogP contribution in [0.15, 0.2) is 42.7 Å². The van der Waals surface area contributed by atoms with Crippen LogP contribution in [0.1, 0.15) is 68.9 Å². The first kappa shape index (κ1) is 19.1. The average Bonchev–Trinajstić information content (AvgIpc) is 3.20.